The lowest BCUT2D eigenvalue weighted by Crippen LogP contribution is -2.44. The van der Waals surface area contributed by atoms with Crippen molar-refractivity contribution in [3.63, 3.8) is 0 Å². The van der Waals surface area contributed by atoms with E-state index in [0.717, 1.165) is 53.8 Å². The normalized spacial score (nSPS) is 15.8. The van der Waals surface area contributed by atoms with Crippen LogP contribution >= 0.6 is 0 Å². The summed E-state index contributed by atoms with van der Waals surface area (Å²) in [6.45, 7) is 3.76. The van der Waals surface area contributed by atoms with E-state index >= 15 is 0 Å². The monoisotopic (exact) mass is 589 g/mol. The first-order valence-electron chi connectivity index (χ1n) is 14.3. The van der Waals surface area contributed by atoms with Crippen molar-refractivity contribution in [2.24, 2.45) is 0 Å². The second-order valence-corrected chi connectivity index (χ2v) is 10.5. The van der Waals surface area contributed by atoms with Gasteiger partial charge in [-0.2, -0.15) is 0 Å². The third-order valence-electron chi connectivity index (χ3n) is 7.68. The van der Waals surface area contributed by atoms with Crippen molar-refractivity contribution in [3.8, 4) is 17.2 Å². The van der Waals surface area contributed by atoms with Crippen LogP contribution in [0.25, 0.3) is 17.2 Å². The lowest BCUT2D eigenvalue weighted by Gasteiger charge is -2.23. The van der Waals surface area contributed by atoms with Crippen LogP contribution < -0.4 is 30.2 Å². The zero-order valence-corrected chi connectivity index (χ0v) is 24.6. The summed E-state index contributed by atoms with van der Waals surface area (Å²) < 4.78 is 36.8. The van der Waals surface area contributed by atoms with Crippen LogP contribution in [0.3, 0.4) is 0 Å². The number of ether oxygens (including phenoxy) is 3. The van der Waals surface area contributed by atoms with Crippen LogP contribution in [0.2, 0.25) is 0 Å². The second-order valence-electron chi connectivity index (χ2n) is 10.5. The van der Waals surface area contributed by atoms with Gasteiger partial charge in [0.05, 0.1) is 33.4 Å². The van der Waals surface area contributed by atoms with Gasteiger partial charge in [-0.3, -0.25) is 9.59 Å². The van der Waals surface area contributed by atoms with Gasteiger partial charge in [-0.1, -0.05) is 6.07 Å². The molecule has 0 bridgehead atoms. The summed E-state index contributed by atoms with van der Waals surface area (Å²) in [6.07, 6.45) is 5.33. The highest BCUT2D eigenvalue weighted by molar-refractivity contribution is 6.08. The summed E-state index contributed by atoms with van der Waals surface area (Å²) in [5, 5.41) is 9.15. The summed E-state index contributed by atoms with van der Waals surface area (Å²) >= 11 is 0. The van der Waals surface area contributed by atoms with Gasteiger partial charge < -0.3 is 34.6 Å². The molecule has 3 aromatic rings. The number of halogens is 1. The van der Waals surface area contributed by atoms with Crippen LogP contribution in [-0.2, 0) is 16.1 Å². The van der Waals surface area contributed by atoms with E-state index in [2.05, 4.69) is 16.0 Å². The first-order valence-corrected chi connectivity index (χ1v) is 14.3. The Hall–Kier alpha value is -4.57. The van der Waals surface area contributed by atoms with Crippen molar-refractivity contribution in [3.05, 3.63) is 82.6 Å². The molecule has 1 aromatic heterocycles. The Kier molecular flexibility index (Phi) is 9.46. The minimum Gasteiger partial charge on any atom is -0.493 e. The van der Waals surface area contributed by atoms with Crippen molar-refractivity contribution in [2.45, 2.75) is 38.8 Å². The summed E-state index contributed by atoms with van der Waals surface area (Å²) in [7, 11) is 3.04. The highest BCUT2D eigenvalue weighted by Gasteiger charge is 2.26. The highest BCUT2D eigenvalue weighted by Crippen LogP contribution is 2.45. The van der Waals surface area contributed by atoms with Gasteiger partial charge in [0.2, 0.25) is 11.7 Å². The topological polar surface area (TPSA) is 111 Å². The van der Waals surface area contributed by atoms with Crippen molar-refractivity contribution >= 4 is 29.0 Å². The summed E-state index contributed by atoms with van der Waals surface area (Å²) in [5.74, 6) is 0.984. The fraction of sp³-hybridized carbons (Fsp3) is 0.333. The van der Waals surface area contributed by atoms with E-state index in [-0.39, 0.29) is 43.2 Å². The standard InChI is InChI=1S/C33H36FN3O6/c1-20-26(25-7-6-22(34)16-28(25)27(20)17-31(38)36-18-24-5-4-12-42-24)13-21-14-29(40-2)33(30(15-21)41-3)43-19-32(39)37-23-8-10-35-11-9-23/h4-7,12-16,23,35H,8-11,17-19H2,1-3H3,(H,36,38)(H,37,39)/b26-13-. The first kappa shape index (κ1) is 29.9. The van der Waals surface area contributed by atoms with Crippen LogP contribution in [0.15, 0.2) is 58.7 Å². The lowest BCUT2D eigenvalue weighted by molar-refractivity contribution is -0.124. The molecule has 0 unspecified atom stereocenters. The molecule has 226 valence electrons. The molecule has 2 aromatic carbocycles. The Bertz CT molecular complexity index is 1510. The summed E-state index contributed by atoms with van der Waals surface area (Å²) in [6, 6.07) is 11.8. The molecule has 1 fully saturated rings. The maximum Gasteiger partial charge on any atom is 0.258 e. The molecule has 10 heteroatoms. The molecule has 0 radical (unpaired) electrons. The number of carbonyl (C=O) groups excluding carboxylic acids is 2. The van der Waals surface area contributed by atoms with Gasteiger partial charge in [0.15, 0.2) is 18.1 Å². The maximum absolute atomic E-state index is 14.4. The van der Waals surface area contributed by atoms with Gasteiger partial charge in [0.1, 0.15) is 11.6 Å². The fourth-order valence-corrected chi connectivity index (χ4v) is 5.47. The number of hydrogen-bond donors (Lipinski definition) is 3. The molecular formula is C33H36FN3O6. The van der Waals surface area contributed by atoms with Crippen molar-refractivity contribution in [2.75, 3.05) is 33.9 Å². The molecular weight excluding hydrogens is 553 g/mol. The molecule has 43 heavy (non-hydrogen) atoms. The van der Waals surface area contributed by atoms with Crippen molar-refractivity contribution < 1.29 is 32.6 Å². The van der Waals surface area contributed by atoms with E-state index in [0.29, 0.717) is 28.6 Å². The van der Waals surface area contributed by atoms with E-state index in [1.54, 1.807) is 36.6 Å². The van der Waals surface area contributed by atoms with Crippen LogP contribution in [0.1, 0.15) is 48.6 Å². The zero-order valence-electron chi connectivity index (χ0n) is 24.6. The lowest BCUT2D eigenvalue weighted by atomic mass is 10.00. The number of carbonyl (C=O) groups is 2. The van der Waals surface area contributed by atoms with Crippen molar-refractivity contribution in [1.29, 1.82) is 0 Å². The van der Waals surface area contributed by atoms with Gasteiger partial charge in [-0.15, -0.1) is 0 Å². The number of allylic oxidation sites excluding steroid dienone is 2. The average molecular weight is 590 g/mol. The predicted octanol–water partition coefficient (Wildman–Crippen LogP) is 4.72. The van der Waals surface area contributed by atoms with Crippen LogP contribution in [0.5, 0.6) is 17.2 Å². The van der Waals surface area contributed by atoms with Gasteiger partial charge in [-0.05, 0) is 109 Å². The number of piperidine rings is 1. The van der Waals surface area contributed by atoms with Gasteiger partial charge in [-0.25, -0.2) is 4.39 Å². The molecule has 5 rings (SSSR count). The van der Waals surface area contributed by atoms with Crippen LogP contribution in [0.4, 0.5) is 4.39 Å². The Morgan fingerprint density at radius 2 is 1.79 bits per heavy atom. The predicted molar refractivity (Wildman–Crippen MR) is 161 cm³/mol. The quantitative estimate of drug-likeness (QED) is 0.297. The number of amides is 2. The largest absolute Gasteiger partial charge is 0.493 e. The average Bonchev–Trinajstić information content (AvgIpc) is 3.62. The number of rotatable bonds is 11. The minimum absolute atomic E-state index is 0.0825. The van der Waals surface area contributed by atoms with E-state index in [4.69, 9.17) is 18.6 Å². The number of furan rings is 1. The molecule has 1 aliphatic heterocycles. The Morgan fingerprint density at radius 1 is 1.05 bits per heavy atom. The number of methoxy groups -OCH3 is 2. The maximum atomic E-state index is 14.4. The Morgan fingerprint density at radius 3 is 2.47 bits per heavy atom. The van der Waals surface area contributed by atoms with E-state index < -0.39 is 0 Å². The third-order valence-corrected chi connectivity index (χ3v) is 7.68. The minimum atomic E-state index is -0.379. The first-order chi connectivity index (χ1) is 20.9. The second kappa shape index (κ2) is 13.6. The molecule has 2 aliphatic rings. The van der Waals surface area contributed by atoms with E-state index in [9.17, 15) is 14.0 Å². The smallest absolute Gasteiger partial charge is 0.258 e. The molecule has 1 saturated heterocycles. The molecule has 0 saturated carbocycles. The van der Waals surface area contributed by atoms with Gasteiger partial charge in [0, 0.05) is 6.04 Å². The molecule has 0 atom stereocenters. The molecule has 2 amide bonds. The van der Waals surface area contributed by atoms with E-state index in [1.165, 1.54) is 26.4 Å². The van der Waals surface area contributed by atoms with E-state index in [1.807, 2.05) is 13.0 Å². The summed E-state index contributed by atoms with van der Waals surface area (Å²) in [5.41, 5.74) is 4.70. The highest BCUT2D eigenvalue weighted by atomic mass is 19.1. The molecule has 3 N–H and O–H groups in total. The molecule has 0 spiro atoms. The van der Waals surface area contributed by atoms with Crippen LogP contribution in [0, 0.1) is 5.82 Å². The number of nitrogens with one attached hydrogen (secondary N) is 3. The number of hydrogen-bond acceptors (Lipinski definition) is 7. The Labute approximate surface area is 250 Å². The third kappa shape index (κ3) is 7.09. The molecule has 1 aliphatic carbocycles. The fourth-order valence-electron chi connectivity index (χ4n) is 5.47. The van der Waals surface area contributed by atoms with Gasteiger partial charge in [0.25, 0.3) is 5.91 Å². The summed E-state index contributed by atoms with van der Waals surface area (Å²) in [4.78, 5) is 25.4. The molecule has 9 nitrogen and oxygen atoms in total. The van der Waals surface area contributed by atoms with Crippen molar-refractivity contribution in [1.82, 2.24) is 16.0 Å². The van der Waals surface area contributed by atoms with Crippen LogP contribution in [-0.4, -0.2) is 51.8 Å². The SMILES string of the molecule is COc1cc(/C=C2/C(C)=C(CC(=O)NCc3ccco3)c3cc(F)ccc32)cc(OC)c1OCC(=O)NC1CCNCC1. The zero-order chi connectivity index (χ0) is 30.3. The Balaban J connectivity index is 1.38. The molecule has 2 heterocycles. The van der Waals surface area contributed by atoms with Gasteiger partial charge >= 0.3 is 0 Å². The number of benzene rings is 2. The number of fused-ring (bicyclic) bond motifs is 1.